The monoisotopic (exact) mass is 394 g/mol. The second kappa shape index (κ2) is 8.30. The molecule has 1 heterocycles. The van der Waals surface area contributed by atoms with E-state index in [0.29, 0.717) is 0 Å². The SMILES string of the molecule is COC(=O)/C=C(/Nc1cc(-c2cccc3[nH]ccc23)ccc1C(=O)O)C(=O)OC. The van der Waals surface area contributed by atoms with Crippen molar-refractivity contribution in [2.24, 2.45) is 0 Å². The summed E-state index contributed by atoms with van der Waals surface area (Å²) in [4.78, 5) is 38.4. The molecule has 1 aromatic heterocycles. The van der Waals surface area contributed by atoms with Gasteiger partial charge in [0.05, 0.1) is 31.5 Å². The smallest absolute Gasteiger partial charge is 0.354 e. The number of anilines is 1. The van der Waals surface area contributed by atoms with Gasteiger partial charge in [-0.25, -0.2) is 14.4 Å². The van der Waals surface area contributed by atoms with Crippen molar-refractivity contribution in [1.29, 1.82) is 0 Å². The van der Waals surface area contributed by atoms with Crippen LogP contribution in [0.2, 0.25) is 0 Å². The number of esters is 2. The number of nitrogens with one attached hydrogen (secondary N) is 2. The molecule has 3 aromatic rings. The van der Waals surface area contributed by atoms with Crippen LogP contribution >= 0.6 is 0 Å². The molecular weight excluding hydrogens is 376 g/mol. The topological polar surface area (TPSA) is 118 Å². The van der Waals surface area contributed by atoms with Crippen LogP contribution in [0.4, 0.5) is 5.69 Å². The minimum Gasteiger partial charge on any atom is -0.478 e. The Kier molecular flexibility index (Phi) is 5.64. The number of methoxy groups -OCH3 is 2. The molecule has 0 aliphatic rings. The lowest BCUT2D eigenvalue weighted by atomic mass is 9.99. The minimum absolute atomic E-state index is 0.0744. The van der Waals surface area contributed by atoms with Gasteiger partial charge in [0.15, 0.2) is 0 Å². The van der Waals surface area contributed by atoms with Gasteiger partial charge in [0.1, 0.15) is 5.70 Å². The molecule has 0 fully saturated rings. The second-order valence-corrected chi connectivity index (χ2v) is 6.01. The highest BCUT2D eigenvalue weighted by molar-refractivity contribution is 6.03. The number of aromatic carboxylic acids is 1. The third kappa shape index (κ3) is 4.11. The zero-order chi connectivity index (χ0) is 21.0. The molecule has 0 bridgehead atoms. The average molecular weight is 394 g/mol. The quantitative estimate of drug-likeness (QED) is 0.434. The fourth-order valence-corrected chi connectivity index (χ4v) is 2.92. The summed E-state index contributed by atoms with van der Waals surface area (Å²) < 4.78 is 9.20. The Balaban J connectivity index is 2.11. The number of fused-ring (bicyclic) bond motifs is 1. The van der Waals surface area contributed by atoms with E-state index in [1.807, 2.05) is 30.5 Å². The Morgan fingerprint density at radius 1 is 1.07 bits per heavy atom. The zero-order valence-electron chi connectivity index (χ0n) is 15.7. The van der Waals surface area contributed by atoms with Crippen LogP contribution in [-0.4, -0.2) is 42.2 Å². The molecule has 0 amide bonds. The van der Waals surface area contributed by atoms with Crippen molar-refractivity contribution in [2.45, 2.75) is 0 Å². The van der Waals surface area contributed by atoms with Crippen molar-refractivity contribution in [3.8, 4) is 11.1 Å². The zero-order valence-corrected chi connectivity index (χ0v) is 15.7. The standard InChI is InChI=1S/C21H18N2O6/c1-28-19(24)11-18(21(27)29-2)23-17-10-12(6-7-15(17)20(25)26)13-4-3-5-16-14(13)8-9-22-16/h3-11,22-23H,1-2H3,(H,25,26)/b18-11+. The van der Waals surface area contributed by atoms with Crippen LogP contribution in [0, 0.1) is 0 Å². The lowest BCUT2D eigenvalue weighted by Crippen LogP contribution is -2.17. The maximum absolute atomic E-state index is 12.0. The summed E-state index contributed by atoms with van der Waals surface area (Å²) in [6, 6.07) is 12.3. The van der Waals surface area contributed by atoms with Crippen LogP contribution in [-0.2, 0) is 19.1 Å². The van der Waals surface area contributed by atoms with Crippen molar-refractivity contribution in [3.05, 3.63) is 66.0 Å². The lowest BCUT2D eigenvalue weighted by molar-refractivity contribution is -0.138. The molecule has 0 radical (unpaired) electrons. The first-order chi connectivity index (χ1) is 13.9. The Labute approximate surface area is 165 Å². The maximum atomic E-state index is 12.0. The third-order valence-electron chi connectivity index (χ3n) is 4.29. The number of aromatic nitrogens is 1. The van der Waals surface area contributed by atoms with Gasteiger partial charge in [-0.1, -0.05) is 18.2 Å². The van der Waals surface area contributed by atoms with Crippen molar-refractivity contribution in [3.63, 3.8) is 0 Å². The van der Waals surface area contributed by atoms with Gasteiger partial charge < -0.3 is 24.9 Å². The van der Waals surface area contributed by atoms with Gasteiger partial charge in [0.2, 0.25) is 0 Å². The fourth-order valence-electron chi connectivity index (χ4n) is 2.92. The summed E-state index contributed by atoms with van der Waals surface area (Å²) in [5.74, 6) is -2.82. The molecule has 0 saturated heterocycles. The van der Waals surface area contributed by atoms with Gasteiger partial charge in [-0.15, -0.1) is 0 Å². The second-order valence-electron chi connectivity index (χ2n) is 6.01. The molecule has 0 aliphatic heterocycles. The Morgan fingerprint density at radius 2 is 1.86 bits per heavy atom. The molecule has 2 aromatic carbocycles. The fraction of sp³-hybridized carbons (Fsp3) is 0.0952. The van der Waals surface area contributed by atoms with Gasteiger partial charge in [-0.2, -0.15) is 0 Å². The minimum atomic E-state index is -1.19. The number of hydrogen-bond acceptors (Lipinski definition) is 6. The normalized spacial score (nSPS) is 11.2. The van der Waals surface area contributed by atoms with Gasteiger partial charge >= 0.3 is 17.9 Å². The number of ether oxygens (including phenoxy) is 2. The molecule has 3 N–H and O–H groups in total. The number of hydrogen-bond donors (Lipinski definition) is 3. The Bertz CT molecular complexity index is 1130. The number of carbonyl (C=O) groups is 3. The Hall–Kier alpha value is -4.07. The highest BCUT2D eigenvalue weighted by Crippen LogP contribution is 2.32. The molecule has 29 heavy (non-hydrogen) atoms. The summed E-state index contributed by atoms with van der Waals surface area (Å²) >= 11 is 0. The molecule has 0 aliphatic carbocycles. The molecular formula is C21H18N2O6. The van der Waals surface area contributed by atoms with Gasteiger partial charge in [0, 0.05) is 17.1 Å². The van der Waals surface area contributed by atoms with E-state index in [9.17, 15) is 19.5 Å². The number of carbonyl (C=O) groups excluding carboxylic acids is 2. The average Bonchev–Trinajstić information content (AvgIpc) is 3.21. The van der Waals surface area contributed by atoms with E-state index in [-0.39, 0.29) is 16.9 Å². The predicted octanol–water partition coefficient (Wildman–Crippen LogP) is 3.17. The highest BCUT2D eigenvalue weighted by Gasteiger charge is 2.18. The van der Waals surface area contributed by atoms with Crippen LogP contribution in [0.25, 0.3) is 22.0 Å². The number of carboxylic acids is 1. The molecule has 0 spiro atoms. The number of H-pyrrole nitrogens is 1. The van der Waals surface area contributed by atoms with E-state index in [0.717, 1.165) is 42.3 Å². The molecule has 0 atom stereocenters. The first-order valence-electron chi connectivity index (χ1n) is 8.53. The van der Waals surface area contributed by atoms with E-state index >= 15 is 0 Å². The summed E-state index contributed by atoms with van der Waals surface area (Å²) in [7, 11) is 2.31. The maximum Gasteiger partial charge on any atom is 0.354 e. The van der Waals surface area contributed by atoms with E-state index in [1.54, 1.807) is 12.1 Å². The summed E-state index contributed by atoms with van der Waals surface area (Å²) in [6.07, 6.45) is 2.71. The van der Waals surface area contributed by atoms with E-state index in [4.69, 9.17) is 0 Å². The van der Waals surface area contributed by atoms with Gasteiger partial charge in [0.25, 0.3) is 0 Å². The van der Waals surface area contributed by atoms with Crippen LogP contribution in [0.15, 0.2) is 60.4 Å². The van der Waals surface area contributed by atoms with Gasteiger partial charge in [-0.05, 0) is 35.4 Å². The molecule has 8 nitrogen and oxygen atoms in total. The summed E-state index contributed by atoms with van der Waals surface area (Å²) in [5.41, 5.74) is 2.34. The molecule has 0 unspecified atom stereocenters. The molecule has 148 valence electrons. The van der Waals surface area contributed by atoms with E-state index in [2.05, 4.69) is 19.8 Å². The Morgan fingerprint density at radius 3 is 2.55 bits per heavy atom. The third-order valence-corrected chi connectivity index (χ3v) is 4.29. The van der Waals surface area contributed by atoms with Crippen molar-refractivity contribution >= 4 is 34.5 Å². The summed E-state index contributed by atoms with van der Waals surface area (Å²) in [5, 5.41) is 13.2. The number of carboxylic acid groups (broad SMARTS) is 1. The highest BCUT2D eigenvalue weighted by atomic mass is 16.5. The number of benzene rings is 2. The predicted molar refractivity (Wildman–Crippen MR) is 106 cm³/mol. The number of rotatable bonds is 6. The van der Waals surface area contributed by atoms with Crippen LogP contribution in [0.3, 0.4) is 0 Å². The van der Waals surface area contributed by atoms with Crippen LogP contribution in [0.5, 0.6) is 0 Å². The van der Waals surface area contributed by atoms with Crippen molar-refractivity contribution in [1.82, 2.24) is 4.98 Å². The van der Waals surface area contributed by atoms with Crippen molar-refractivity contribution < 1.29 is 29.0 Å². The number of aromatic amines is 1. The van der Waals surface area contributed by atoms with Gasteiger partial charge in [-0.3, -0.25) is 0 Å². The van der Waals surface area contributed by atoms with Crippen LogP contribution in [0.1, 0.15) is 10.4 Å². The largest absolute Gasteiger partial charge is 0.478 e. The lowest BCUT2D eigenvalue weighted by Gasteiger charge is -2.14. The molecule has 8 heteroatoms. The van der Waals surface area contributed by atoms with Crippen molar-refractivity contribution in [2.75, 3.05) is 19.5 Å². The van der Waals surface area contributed by atoms with Crippen LogP contribution < -0.4 is 5.32 Å². The molecule has 3 rings (SSSR count). The van der Waals surface area contributed by atoms with E-state index in [1.165, 1.54) is 6.07 Å². The summed E-state index contributed by atoms with van der Waals surface area (Å²) in [6.45, 7) is 0. The molecule has 0 saturated carbocycles. The first kappa shape index (κ1) is 19.7. The van der Waals surface area contributed by atoms with E-state index < -0.39 is 17.9 Å². The first-order valence-corrected chi connectivity index (χ1v) is 8.53.